The maximum Gasteiger partial charge on any atom is 0.516 e. The normalized spacial score (nSPS) is 13.0. The van der Waals surface area contributed by atoms with Gasteiger partial charge in [-0.25, -0.2) is 4.72 Å². The van der Waals surface area contributed by atoms with Gasteiger partial charge in [0.2, 0.25) is 5.91 Å². The number of amides is 1. The zero-order valence-electron chi connectivity index (χ0n) is 16.0. The molecule has 0 fully saturated rings. The molecule has 0 atom stereocenters. The highest BCUT2D eigenvalue weighted by Gasteiger charge is 2.47. The van der Waals surface area contributed by atoms with E-state index < -0.39 is 28.0 Å². The van der Waals surface area contributed by atoms with Gasteiger partial charge in [0.05, 0.1) is 6.54 Å². The smallest absolute Gasteiger partial charge is 0.303 e. The van der Waals surface area contributed by atoms with Crippen LogP contribution in [0, 0.1) is 0 Å². The summed E-state index contributed by atoms with van der Waals surface area (Å²) in [5.74, 6) is -1.18. The minimum absolute atomic E-state index is 0.405. The summed E-state index contributed by atoms with van der Waals surface area (Å²) in [5, 5.41) is 0. The van der Waals surface area contributed by atoms with Gasteiger partial charge < -0.3 is 9.80 Å². The van der Waals surface area contributed by atoms with E-state index >= 15 is 0 Å². The van der Waals surface area contributed by atoms with E-state index in [1.807, 2.05) is 27.7 Å². The van der Waals surface area contributed by atoms with Gasteiger partial charge in [-0.05, 0) is 26.2 Å². The third-order valence-electron chi connectivity index (χ3n) is 4.17. The van der Waals surface area contributed by atoms with E-state index in [4.69, 9.17) is 0 Å². The zero-order valence-corrected chi connectivity index (χ0v) is 16.8. The lowest BCUT2D eigenvalue weighted by molar-refractivity contribution is -0.121. The number of rotatable bonds is 13. The van der Waals surface area contributed by atoms with Crippen LogP contribution in [0.2, 0.25) is 0 Å². The van der Waals surface area contributed by atoms with Crippen LogP contribution >= 0.6 is 0 Å². The Morgan fingerprint density at radius 2 is 1.15 bits per heavy atom. The van der Waals surface area contributed by atoms with Crippen LogP contribution in [0.4, 0.5) is 13.2 Å². The standard InChI is InChI=1S/C15H31F3N4O3S/c1-5-20(6-2)9-11-22(12-10-21(7-3)8-4)13-14(23)19-26(24,25)15(16,17)18/h5-13H2,1-4H3,(H,19,23). The minimum atomic E-state index is -5.67. The topological polar surface area (TPSA) is 73.0 Å². The molecule has 0 spiro atoms. The van der Waals surface area contributed by atoms with Crippen molar-refractivity contribution in [2.24, 2.45) is 0 Å². The summed E-state index contributed by atoms with van der Waals surface area (Å²) < 4.78 is 60.4. The van der Waals surface area contributed by atoms with Crippen molar-refractivity contribution >= 4 is 15.9 Å². The molecule has 1 amide bonds. The summed E-state index contributed by atoms with van der Waals surface area (Å²) in [6.45, 7) is 13.0. The number of hydrogen-bond donors (Lipinski definition) is 1. The third kappa shape index (κ3) is 9.15. The van der Waals surface area contributed by atoms with Crippen LogP contribution in [-0.2, 0) is 14.8 Å². The Balaban J connectivity index is 4.89. The molecule has 156 valence electrons. The van der Waals surface area contributed by atoms with Crippen molar-refractivity contribution in [1.82, 2.24) is 19.4 Å². The van der Waals surface area contributed by atoms with E-state index in [0.717, 1.165) is 30.9 Å². The van der Waals surface area contributed by atoms with Gasteiger partial charge in [0.1, 0.15) is 0 Å². The number of likely N-dealkylation sites (N-methyl/N-ethyl adjacent to an activating group) is 2. The molecule has 0 bridgehead atoms. The van der Waals surface area contributed by atoms with Gasteiger partial charge in [0.15, 0.2) is 0 Å². The quantitative estimate of drug-likeness (QED) is 0.493. The third-order valence-corrected chi connectivity index (χ3v) is 5.28. The fraction of sp³-hybridized carbons (Fsp3) is 0.933. The Hall–Kier alpha value is -0.910. The predicted octanol–water partition coefficient (Wildman–Crippen LogP) is 0.938. The summed E-state index contributed by atoms with van der Waals surface area (Å²) >= 11 is 0. The molecule has 0 saturated heterocycles. The molecule has 1 N–H and O–H groups in total. The molecule has 0 aliphatic heterocycles. The monoisotopic (exact) mass is 404 g/mol. The number of carbonyl (C=O) groups excluding carboxylic acids is 1. The molecule has 0 heterocycles. The van der Waals surface area contributed by atoms with Gasteiger partial charge in [-0.15, -0.1) is 0 Å². The van der Waals surface area contributed by atoms with Crippen molar-refractivity contribution < 1.29 is 26.4 Å². The molecule has 0 rings (SSSR count). The van der Waals surface area contributed by atoms with Crippen LogP contribution in [0.3, 0.4) is 0 Å². The van der Waals surface area contributed by atoms with Crippen molar-refractivity contribution in [3.63, 3.8) is 0 Å². The van der Waals surface area contributed by atoms with Gasteiger partial charge in [-0.3, -0.25) is 9.69 Å². The Labute approximate surface area is 154 Å². The fourth-order valence-electron chi connectivity index (χ4n) is 2.36. The summed E-state index contributed by atoms with van der Waals surface area (Å²) in [6, 6.07) is 0. The highest BCUT2D eigenvalue weighted by Crippen LogP contribution is 2.21. The van der Waals surface area contributed by atoms with Gasteiger partial charge >= 0.3 is 15.5 Å². The Kier molecular flexibility index (Phi) is 11.3. The van der Waals surface area contributed by atoms with Crippen molar-refractivity contribution in [2.75, 3.05) is 58.9 Å². The van der Waals surface area contributed by atoms with Crippen molar-refractivity contribution in [3.05, 3.63) is 0 Å². The predicted molar refractivity (Wildman–Crippen MR) is 95.1 cm³/mol. The second-order valence-corrected chi connectivity index (χ2v) is 7.48. The number of halogens is 3. The highest BCUT2D eigenvalue weighted by atomic mass is 32.2. The molecule has 26 heavy (non-hydrogen) atoms. The lowest BCUT2D eigenvalue weighted by atomic mass is 10.3. The average Bonchev–Trinajstić information content (AvgIpc) is 2.54. The first-order valence-corrected chi connectivity index (χ1v) is 10.3. The van der Waals surface area contributed by atoms with Crippen LogP contribution in [0.5, 0.6) is 0 Å². The van der Waals surface area contributed by atoms with Gasteiger partial charge in [-0.1, -0.05) is 27.7 Å². The van der Waals surface area contributed by atoms with Crippen molar-refractivity contribution in [1.29, 1.82) is 0 Å². The van der Waals surface area contributed by atoms with Gasteiger partial charge in [-0.2, -0.15) is 21.6 Å². The molecule has 0 aromatic carbocycles. The van der Waals surface area contributed by atoms with Gasteiger partial charge in [0, 0.05) is 26.2 Å². The Bertz CT molecular complexity index is 491. The summed E-state index contributed by atoms with van der Waals surface area (Å²) in [7, 11) is -5.67. The van der Waals surface area contributed by atoms with Crippen molar-refractivity contribution in [2.45, 2.75) is 33.2 Å². The molecule has 11 heteroatoms. The van der Waals surface area contributed by atoms with E-state index in [9.17, 15) is 26.4 Å². The molecule has 7 nitrogen and oxygen atoms in total. The van der Waals surface area contributed by atoms with E-state index in [0.29, 0.717) is 26.2 Å². The zero-order chi connectivity index (χ0) is 20.4. The SMILES string of the molecule is CCN(CC)CCN(CCN(CC)CC)CC(=O)NS(=O)(=O)C(F)(F)F. The fourth-order valence-corrected chi connectivity index (χ4v) is 2.84. The summed E-state index contributed by atoms with van der Waals surface area (Å²) in [6.07, 6.45) is 0. The van der Waals surface area contributed by atoms with E-state index in [1.54, 1.807) is 4.90 Å². The second kappa shape index (κ2) is 11.7. The largest absolute Gasteiger partial charge is 0.516 e. The van der Waals surface area contributed by atoms with Crippen LogP contribution < -0.4 is 4.72 Å². The molecule has 0 aromatic rings. The molecule has 0 aliphatic carbocycles. The molecular formula is C15H31F3N4O3S. The maximum atomic E-state index is 12.4. The number of nitrogens with one attached hydrogen (secondary N) is 1. The Morgan fingerprint density at radius 3 is 1.46 bits per heavy atom. The van der Waals surface area contributed by atoms with E-state index in [2.05, 4.69) is 9.80 Å². The van der Waals surface area contributed by atoms with Crippen LogP contribution in [0.1, 0.15) is 27.7 Å². The Morgan fingerprint density at radius 1 is 0.808 bits per heavy atom. The first-order chi connectivity index (χ1) is 12.0. The first-order valence-electron chi connectivity index (χ1n) is 8.79. The number of hydrogen-bond acceptors (Lipinski definition) is 6. The van der Waals surface area contributed by atoms with Crippen LogP contribution in [0.15, 0.2) is 0 Å². The second-order valence-electron chi connectivity index (χ2n) is 5.80. The lowest BCUT2D eigenvalue weighted by Crippen LogP contribution is -2.47. The minimum Gasteiger partial charge on any atom is -0.303 e. The molecule has 0 aliphatic rings. The molecule has 0 unspecified atom stereocenters. The lowest BCUT2D eigenvalue weighted by Gasteiger charge is -2.28. The average molecular weight is 404 g/mol. The van der Waals surface area contributed by atoms with Gasteiger partial charge in [0.25, 0.3) is 0 Å². The number of carbonyl (C=O) groups is 1. The summed E-state index contributed by atoms with van der Waals surface area (Å²) in [4.78, 5) is 17.7. The van der Waals surface area contributed by atoms with E-state index in [1.165, 1.54) is 0 Å². The maximum absolute atomic E-state index is 12.4. The number of sulfonamides is 1. The molecule has 0 saturated carbocycles. The molecule has 0 aromatic heterocycles. The van der Waals surface area contributed by atoms with Crippen LogP contribution in [0.25, 0.3) is 0 Å². The van der Waals surface area contributed by atoms with Crippen molar-refractivity contribution in [3.8, 4) is 0 Å². The highest BCUT2D eigenvalue weighted by molar-refractivity contribution is 7.90. The number of nitrogens with zero attached hydrogens (tertiary/aromatic N) is 3. The van der Waals surface area contributed by atoms with Crippen LogP contribution in [-0.4, -0.2) is 93.4 Å². The molecular weight excluding hydrogens is 373 g/mol. The summed E-state index contributed by atoms with van der Waals surface area (Å²) in [5.41, 5.74) is -5.50. The van der Waals surface area contributed by atoms with E-state index in [-0.39, 0.29) is 0 Å². The number of alkyl halides is 3. The molecule has 0 radical (unpaired) electrons. The first kappa shape index (κ1) is 25.1.